The Labute approximate surface area is 228 Å². The normalized spacial score (nSPS) is 11.7. The lowest BCUT2D eigenvalue weighted by Crippen LogP contribution is -2.32. The van der Waals surface area contributed by atoms with Crippen LogP contribution in [-0.4, -0.2) is 64.3 Å². The molecule has 0 spiro atoms. The van der Waals surface area contributed by atoms with Gasteiger partial charge in [-0.25, -0.2) is 16.8 Å². The smallest absolute Gasteiger partial charge is 0.321 e. The zero-order valence-corrected chi connectivity index (χ0v) is 23.7. The number of sulfonamides is 2. The minimum atomic E-state index is -4.02. The molecule has 0 radical (unpaired) electrons. The van der Waals surface area contributed by atoms with Crippen LogP contribution >= 0.6 is 0 Å². The van der Waals surface area contributed by atoms with Crippen molar-refractivity contribution in [3.05, 3.63) is 60.2 Å². The van der Waals surface area contributed by atoms with Crippen LogP contribution in [-0.2, 0) is 20.0 Å². The first-order valence-corrected chi connectivity index (χ1v) is 15.0. The van der Waals surface area contributed by atoms with E-state index in [0.717, 1.165) is 0 Å². The third-order valence-electron chi connectivity index (χ3n) is 5.44. The van der Waals surface area contributed by atoms with Crippen molar-refractivity contribution in [3.8, 4) is 11.9 Å². The SMILES string of the molecule is CCCN(CCC)S(=O)(=O)c1ccc(C(=O)Nc2ccc(S(=O)(=O)Nc3cc(OC)nc(OC)n3)cc2)cc1. The highest BCUT2D eigenvalue weighted by atomic mass is 32.2. The molecule has 0 saturated carbocycles. The second-order valence-electron chi connectivity index (χ2n) is 8.29. The Morgan fingerprint density at radius 2 is 1.44 bits per heavy atom. The number of rotatable bonds is 13. The van der Waals surface area contributed by atoms with Crippen LogP contribution in [0.3, 0.4) is 0 Å². The first-order chi connectivity index (χ1) is 18.5. The number of methoxy groups -OCH3 is 2. The van der Waals surface area contributed by atoms with Crippen molar-refractivity contribution >= 4 is 37.5 Å². The molecule has 3 rings (SSSR count). The minimum Gasteiger partial charge on any atom is -0.481 e. The molecule has 0 bridgehead atoms. The van der Waals surface area contributed by atoms with Crippen LogP contribution in [0.5, 0.6) is 11.9 Å². The van der Waals surface area contributed by atoms with Gasteiger partial charge in [0.25, 0.3) is 15.9 Å². The molecule has 0 saturated heterocycles. The fraction of sp³-hybridized carbons (Fsp3) is 0.320. The Hall–Kier alpha value is -3.75. The standard InChI is InChI=1S/C25H31N5O7S2/c1-5-15-30(16-6-2)39(34,35)21-11-7-18(8-12-21)24(31)26-19-9-13-20(14-10-19)38(32,33)29-22-17-23(36-3)28-25(27-22)37-4/h7-14,17H,5-6,15-16H2,1-4H3,(H,26,31)(H,27,28,29). The Balaban J connectivity index is 1.71. The summed E-state index contributed by atoms with van der Waals surface area (Å²) in [6, 6.07) is 12.4. The van der Waals surface area contributed by atoms with Crippen LogP contribution in [0.15, 0.2) is 64.4 Å². The number of nitrogens with zero attached hydrogens (tertiary/aromatic N) is 3. The maximum atomic E-state index is 12.9. The molecule has 2 N–H and O–H groups in total. The van der Waals surface area contributed by atoms with Crippen molar-refractivity contribution < 1.29 is 31.1 Å². The van der Waals surface area contributed by atoms with Gasteiger partial charge in [0.15, 0.2) is 5.82 Å². The van der Waals surface area contributed by atoms with E-state index < -0.39 is 26.0 Å². The van der Waals surface area contributed by atoms with Crippen LogP contribution in [0.1, 0.15) is 37.0 Å². The molecule has 0 unspecified atom stereocenters. The largest absolute Gasteiger partial charge is 0.481 e. The van der Waals surface area contributed by atoms with Crippen molar-refractivity contribution in [2.45, 2.75) is 36.5 Å². The number of anilines is 2. The van der Waals surface area contributed by atoms with Gasteiger partial charge < -0.3 is 14.8 Å². The quantitative estimate of drug-likeness (QED) is 0.311. The molecule has 0 atom stereocenters. The number of amides is 1. The lowest BCUT2D eigenvalue weighted by molar-refractivity contribution is 0.102. The monoisotopic (exact) mass is 577 g/mol. The maximum Gasteiger partial charge on any atom is 0.321 e. The van der Waals surface area contributed by atoms with Gasteiger partial charge in [-0.3, -0.25) is 9.52 Å². The summed E-state index contributed by atoms with van der Waals surface area (Å²) in [5.41, 5.74) is 0.592. The predicted molar refractivity (Wildman–Crippen MR) is 146 cm³/mol. The molecule has 210 valence electrons. The molecule has 1 amide bonds. The number of ether oxygens (including phenoxy) is 2. The van der Waals surface area contributed by atoms with E-state index in [0.29, 0.717) is 31.6 Å². The van der Waals surface area contributed by atoms with E-state index in [4.69, 9.17) is 9.47 Å². The molecule has 2 aromatic carbocycles. The summed E-state index contributed by atoms with van der Waals surface area (Å²) in [6.07, 6.45) is 1.39. The summed E-state index contributed by atoms with van der Waals surface area (Å²) in [6.45, 7) is 4.66. The second-order valence-corrected chi connectivity index (χ2v) is 11.9. The van der Waals surface area contributed by atoms with Crippen LogP contribution in [0.25, 0.3) is 0 Å². The van der Waals surface area contributed by atoms with Gasteiger partial charge in [0.2, 0.25) is 15.9 Å². The highest BCUT2D eigenvalue weighted by Gasteiger charge is 2.23. The highest BCUT2D eigenvalue weighted by Crippen LogP contribution is 2.22. The molecule has 14 heteroatoms. The van der Waals surface area contributed by atoms with Crippen LogP contribution in [0.4, 0.5) is 11.5 Å². The predicted octanol–water partition coefficient (Wildman–Crippen LogP) is 3.36. The number of carbonyl (C=O) groups excluding carboxylic acids is 1. The summed E-state index contributed by atoms with van der Waals surface area (Å²) in [7, 11) is -4.97. The van der Waals surface area contributed by atoms with E-state index in [1.165, 1.54) is 73.1 Å². The first kappa shape index (κ1) is 29.8. The summed E-state index contributed by atoms with van der Waals surface area (Å²) in [5, 5.41) is 2.67. The van der Waals surface area contributed by atoms with Crippen molar-refractivity contribution in [2.24, 2.45) is 0 Å². The third kappa shape index (κ3) is 7.43. The Bertz CT molecular complexity index is 1470. The number of benzene rings is 2. The van der Waals surface area contributed by atoms with E-state index in [1.807, 2.05) is 13.8 Å². The van der Waals surface area contributed by atoms with Gasteiger partial charge in [-0.2, -0.15) is 14.3 Å². The van der Waals surface area contributed by atoms with Crippen LogP contribution in [0, 0.1) is 0 Å². The van der Waals surface area contributed by atoms with Crippen molar-refractivity contribution in [3.63, 3.8) is 0 Å². The molecule has 12 nitrogen and oxygen atoms in total. The summed E-state index contributed by atoms with van der Waals surface area (Å²) in [5.74, 6) is -0.414. The van der Waals surface area contributed by atoms with E-state index in [9.17, 15) is 21.6 Å². The fourth-order valence-electron chi connectivity index (χ4n) is 3.55. The lowest BCUT2D eigenvalue weighted by Gasteiger charge is -2.21. The second kappa shape index (κ2) is 12.9. The Morgan fingerprint density at radius 1 is 0.846 bits per heavy atom. The van der Waals surface area contributed by atoms with Gasteiger partial charge in [-0.1, -0.05) is 13.8 Å². The summed E-state index contributed by atoms with van der Waals surface area (Å²) >= 11 is 0. The van der Waals surface area contributed by atoms with E-state index >= 15 is 0 Å². The highest BCUT2D eigenvalue weighted by molar-refractivity contribution is 7.92. The summed E-state index contributed by atoms with van der Waals surface area (Å²) < 4.78 is 65.2. The van der Waals surface area contributed by atoms with Crippen molar-refractivity contribution in [2.75, 3.05) is 37.3 Å². The van der Waals surface area contributed by atoms with E-state index in [-0.39, 0.29) is 33.1 Å². The molecule has 1 heterocycles. The minimum absolute atomic E-state index is 0.0472. The summed E-state index contributed by atoms with van der Waals surface area (Å²) in [4.78, 5) is 20.6. The molecule has 3 aromatic rings. The average Bonchev–Trinajstić information content (AvgIpc) is 2.92. The lowest BCUT2D eigenvalue weighted by atomic mass is 10.2. The first-order valence-electron chi connectivity index (χ1n) is 12.1. The molecular formula is C25H31N5O7S2. The van der Waals surface area contributed by atoms with Crippen molar-refractivity contribution in [1.29, 1.82) is 0 Å². The van der Waals surface area contributed by atoms with Gasteiger partial charge in [0.05, 0.1) is 24.0 Å². The molecule has 0 aliphatic rings. The number of aromatic nitrogens is 2. The van der Waals surface area contributed by atoms with Crippen molar-refractivity contribution in [1.82, 2.24) is 14.3 Å². The Kier molecular flexibility index (Phi) is 9.83. The topological polar surface area (TPSA) is 157 Å². The van der Waals surface area contributed by atoms with Crippen LogP contribution in [0.2, 0.25) is 0 Å². The molecule has 39 heavy (non-hydrogen) atoms. The van der Waals surface area contributed by atoms with Gasteiger partial charge in [-0.05, 0) is 61.4 Å². The Morgan fingerprint density at radius 3 is 1.97 bits per heavy atom. The molecule has 0 aliphatic heterocycles. The number of hydrogen-bond donors (Lipinski definition) is 2. The van der Waals surface area contributed by atoms with E-state index in [1.54, 1.807) is 0 Å². The maximum absolute atomic E-state index is 12.9. The van der Waals surface area contributed by atoms with Gasteiger partial charge in [-0.15, -0.1) is 0 Å². The average molecular weight is 578 g/mol. The molecule has 0 aliphatic carbocycles. The zero-order chi connectivity index (χ0) is 28.6. The number of carbonyl (C=O) groups is 1. The fourth-order valence-corrected chi connectivity index (χ4v) is 6.16. The van der Waals surface area contributed by atoms with E-state index in [2.05, 4.69) is 20.0 Å². The third-order valence-corrected chi connectivity index (χ3v) is 8.72. The number of hydrogen-bond acceptors (Lipinski definition) is 9. The van der Waals surface area contributed by atoms with Gasteiger partial charge in [0, 0.05) is 30.4 Å². The van der Waals surface area contributed by atoms with Crippen LogP contribution < -0.4 is 19.5 Å². The van der Waals surface area contributed by atoms with Gasteiger partial charge in [0.1, 0.15) is 0 Å². The molecular weight excluding hydrogens is 546 g/mol. The molecule has 1 aromatic heterocycles. The van der Waals surface area contributed by atoms with Gasteiger partial charge >= 0.3 is 6.01 Å². The zero-order valence-electron chi connectivity index (χ0n) is 22.0. The number of nitrogens with one attached hydrogen (secondary N) is 2. The molecule has 0 fully saturated rings.